The second-order valence-electron chi connectivity index (χ2n) is 3.84. The molecule has 0 aromatic rings. The summed E-state index contributed by atoms with van der Waals surface area (Å²) in [5.41, 5.74) is 1.22. The summed E-state index contributed by atoms with van der Waals surface area (Å²) in [6.45, 7) is 5.50. The van der Waals surface area contributed by atoms with Crippen molar-refractivity contribution in [3.05, 3.63) is 11.6 Å². The lowest BCUT2D eigenvalue weighted by Gasteiger charge is -2.31. The quantitative estimate of drug-likeness (QED) is 0.497. The van der Waals surface area contributed by atoms with Crippen molar-refractivity contribution in [1.29, 1.82) is 0 Å². The molecule has 1 rings (SSSR count). The van der Waals surface area contributed by atoms with Gasteiger partial charge in [-0.05, 0) is 33.7 Å². The summed E-state index contributed by atoms with van der Waals surface area (Å²) in [5.74, 6) is -0.195. The van der Waals surface area contributed by atoms with Gasteiger partial charge >= 0.3 is 5.97 Å². The molecule has 1 fully saturated rings. The van der Waals surface area contributed by atoms with E-state index in [1.54, 1.807) is 6.08 Å². The van der Waals surface area contributed by atoms with E-state index in [-0.39, 0.29) is 5.97 Å². The second-order valence-corrected chi connectivity index (χ2v) is 3.84. The summed E-state index contributed by atoms with van der Waals surface area (Å²) in [4.78, 5) is 13.5. The zero-order valence-corrected chi connectivity index (χ0v) is 9.25. The third-order valence-corrected chi connectivity index (χ3v) is 2.70. The van der Waals surface area contributed by atoms with Crippen molar-refractivity contribution < 1.29 is 9.53 Å². The van der Waals surface area contributed by atoms with Crippen LogP contribution in [0.2, 0.25) is 0 Å². The number of esters is 1. The molecule has 1 aliphatic rings. The van der Waals surface area contributed by atoms with Crippen LogP contribution in [-0.2, 0) is 9.53 Å². The van der Waals surface area contributed by atoms with Gasteiger partial charge in [-0.15, -0.1) is 0 Å². The average molecular weight is 197 g/mol. The molecule has 0 aromatic carbocycles. The standard InChI is InChI=1S/C11H19NO2/c1-4-14-11(13)8-10-5-6-12(3)9(2)7-10/h8-9H,4-7H2,1-3H3/b10-8+. The van der Waals surface area contributed by atoms with Gasteiger partial charge in [0.1, 0.15) is 0 Å². The van der Waals surface area contributed by atoms with Crippen molar-refractivity contribution in [3.63, 3.8) is 0 Å². The van der Waals surface area contributed by atoms with Crippen LogP contribution < -0.4 is 0 Å². The van der Waals surface area contributed by atoms with E-state index in [1.807, 2.05) is 6.92 Å². The van der Waals surface area contributed by atoms with Gasteiger partial charge in [-0.3, -0.25) is 0 Å². The van der Waals surface area contributed by atoms with Gasteiger partial charge in [0.25, 0.3) is 0 Å². The molecule has 0 aromatic heterocycles. The highest BCUT2D eigenvalue weighted by molar-refractivity contribution is 5.82. The van der Waals surface area contributed by atoms with E-state index in [1.165, 1.54) is 5.57 Å². The van der Waals surface area contributed by atoms with Gasteiger partial charge < -0.3 is 9.64 Å². The highest BCUT2D eigenvalue weighted by atomic mass is 16.5. The normalized spacial score (nSPS) is 26.5. The van der Waals surface area contributed by atoms with E-state index in [4.69, 9.17) is 4.74 Å². The van der Waals surface area contributed by atoms with E-state index in [9.17, 15) is 4.79 Å². The Labute approximate surface area is 85.7 Å². The van der Waals surface area contributed by atoms with Crippen LogP contribution in [0.3, 0.4) is 0 Å². The van der Waals surface area contributed by atoms with Crippen LogP contribution in [0.1, 0.15) is 26.7 Å². The summed E-state index contributed by atoms with van der Waals surface area (Å²) in [7, 11) is 2.12. The van der Waals surface area contributed by atoms with Crippen LogP contribution >= 0.6 is 0 Å². The maximum Gasteiger partial charge on any atom is 0.330 e. The molecule has 0 spiro atoms. The molecule has 0 saturated carbocycles. The van der Waals surface area contributed by atoms with Crippen molar-refractivity contribution in [2.45, 2.75) is 32.7 Å². The third-order valence-electron chi connectivity index (χ3n) is 2.70. The summed E-state index contributed by atoms with van der Waals surface area (Å²) < 4.78 is 4.88. The molecule has 1 atom stereocenters. The number of piperidine rings is 1. The molecule has 0 bridgehead atoms. The minimum absolute atomic E-state index is 0.195. The lowest BCUT2D eigenvalue weighted by Crippen LogP contribution is -2.34. The Morgan fingerprint density at radius 3 is 3.00 bits per heavy atom. The molecule has 0 radical (unpaired) electrons. The topological polar surface area (TPSA) is 29.5 Å². The zero-order chi connectivity index (χ0) is 10.6. The summed E-state index contributed by atoms with van der Waals surface area (Å²) in [6, 6.07) is 0.532. The first kappa shape index (κ1) is 11.2. The smallest absolute Gasteiger partial charge is 0.330 e. The van der Waals surface area contributed by atoms with Crippen LogP contribution in [-0.4, -0.2) is 37.1 Å². The van der Waals surface area contributed by atoms with Crippen molar-refractivity contribution in [2.75, 3.05) is 20.2 Å². The highest BCUT2D eigenvalue weighted by Gasteiger charge is 2.18. The van der Waals surface area contributed by atoms with Crippen LogP contribution in [0.15, 0.2) is 11.6 Å². The predicted molar refractivity (Wildman–Crippen MR) is 56.0 cm³/mol. The number of hydrogen-bond acceptors (Lipinski definition) is 3. The Balaban J connectivity index is 2.49. The molecule has 1 unspecified atom stereocenters. The molecule has 80 valence electrons. The highest BCUT2D eigenvalue weighted by Crippen LogP contribution is 2.20. The number of ether oxygens (including phenoxy) is 1. The van der Waals surface area contributed by atoms with Gasteiger partial charge in [0, 0.05) is 18.7 Å². The average Bonchev–Trinajstić information content (AvgIpc) is 2.12. The molecule has 0 amide bonds. The maximum atomic E-state index is 11.2. The van der Waals surface area contributed by atoms with E-state index >= 15 is 0 Å². The first-order valence-electron chi connectivity index (χ1n) is 5.20. The van der Waals surface area contributed by atoms with Crippen LogP contribution in [0, 0.1) is 0 Å². The largest absolute Gasteiger partial charge is 0.463 e. The summed E-state index contributed by atoms with van der Waals surface area (Å²) in [6.07, 6.45) is 3.63. The number of rotatable bonds is 2. The van der Waals surface area contributed by atoms with Gasteiger partial charge in [0.2, 0.25) is 0 Å². The van der Waals surface area contributed by atoms with Gasteiger partial charge in [-0.1, -0.05) is 5.57 Å². The molecular formula is C11H19NO2. The van der Waals surface area contributed by atoms with Crippen LogP contribution in [0.25, 0.3) is 0 Å². The predicted octanol–water partition coefficient (Wildman–Crippen LogP) is 1.59. The minimum Gasteiger partial charge on any atom is -0.463 e. The Morgan fingerprint density at radius 2 is 2.43 bits per heavy atom. The van der Waals surface area contributed by atoms with E-state index in [0.717, 1.165) is 19.4 Å². The first-order valence-corrected chi connectivity index (χ1v) is 5.20. The molecule has 1 aliphatic heterocycles. The Morgan fingerprint density at radius 1 is 1.71 bits per heavy atom. The van der Waals surface area contributed by atoms with Crippen molar-refractivity contribution in [3.8, 4) is 0 Å². The Bertz CT molecular complexity index is 235. The molecular weight excluding hydrogens is 178 g/mol. The molecule has 0 N–H and O–H groups in total. The first-order chi connectivity index (χ1) is 6.63. The molecule has 1 saturated heterocycles. The van der Waals surface area contributed by atoms with Crippen molar-refractivity contribution in [1.82, 2.24) is 4.90 Å². The SMILES string of the molecule is CCOC(=O)/C=C1\CCN(C)C(C)C1. The molecule has 3 heteroatoms. The Hall–Kier alpha value is -0.830. The van der Waals surface area contributed by atoms with E-state index in [0.29, 0.717) is 12.6 Å². The van der Waals surface area contributed by atoms with Crippen molar-refractivity contribution in [2.24, 2.45) is 0 Å². The molecule has 1 heterocycles. The fourth-order valence-corrected chi connectivity index (χ4v) is 1.66. The van der Waals surface area contributed by atoms with Gasteiger partial charge in [-0.2, -0.15) is 0 Å². The second kappa shape index (κ2) is 5.15. The lowest BCUT2D eigenvalue weighted by molar-refractivity contribution is -0.137. The lowest BCUT2D eigenvalue weighted by atomic mass is 9.98. The number of carbonyl (C=O) groups excluding carboxylic acids is 1. The molecule has 14 heavy (non-hydrogen) atoms. The van der Waals surface area contributed by atoms with Crippen molar-refractivity contribution >= 4 is 5.97 Å². The fourth-order valence-electron chi connectivity index (χ4n) is 1.66. The summed E-state index contributed by atoms with van der Waals surface area (Å²) in [5, 5.41) is 0. The minimum atomic E-state index is -0.195. The van der Waals surface area contributed by atoms with E-state index < -0.39 is 0 Å². The third kappa shape index (κ3) is 3.14. The number of hydrogen-bond donors (Lipinski definition) is 0. The summed E-state index contributed by atoms with van der Waals surface area (Å²) >= 11 is 0. The number of likely N-dealkylation sites (tertiary alicyclic amines) is 1. The molecule has 0 aliphatic carbocycles. The molecule has 3 nitrogen and oxygen atoms in total. The van der Waals surface area contributed by atoms with Gasteiger partial charge in [0.05, 0.1) is 6.61 Å². The monoisotopic (exact) mass is 197 g/mol. The van der Waals surface area contributed by atoms with Gasteiger partial charge in [0.15, 0.2) is 0 Å². The number of carbonyl (C=O) groups is 1. The van der Waals surface area contributed by atoms with E-state index in [2.05, 4.69) is 18.9 Å². The van der Waals surface area contributed by atoms with Gasteiger partial charge in [-0.25, -0.2) is 4.79 Å². The maximum absolute atomic E-state index is 11.2. The zero-order valence-electron chi connectivity index (χ0n) is 9.25. The Kier molecular flexibility index (Phi) is 4.14. The number of nitrogens with zero attached hydrogens (tertiary/aromatic N) is 1. The van der Waals surface area contributed by atoms with Crippen LogP contribution in [0.5, 0.6) is 0 Å². The fraction of sp³-hybridized carbons (Fsp3) is 0.727. The van der Waals surface area contributed by atoms with Crippen LogP contribution in [0.4, 0.5) is 0 Å².